The minimum atomic E-state index is -0.0800. The van der Waals surface area contributed by atoms with Crippen molar-refractivity contribution in [2.75, 3.05) is 21.3 Å². The normalized spacial score (nSPS) is 11.9. The first-order valence-electron chi connectivity index (χ1n) is 6.62. The summed E-state index contributed by atoms with van der Waals surface area (Å²) in [5.41, 5.74) is 8.68. The van der Waals surface area contributed by atoms with E-state index in [1.54, 1.807) is 33.7 Å². The van der Waals surface area contributed by atoms with Crippen molar-refractivity contribution in [3.63, 3.8) is 0 Å². The molecule has 1 atom stereocenters. The van der Waals surface area contributed by atoms with Gasteiger partial charge in [-0.05, 0) is 30.7 Å². The summed E-state index contributed by atoms with van der Waals surface area (Å²) in [5, 5.41) is 0. The van der Waals surface area contributed by atoms with Crippen LogP contribution >= 0.6 is 0 Å². The topological polar surface area (TPSA) is 66.6 Å². The monoisotopic (exact) mass is 288 g/mol. The number of nitrogens with two attached hydrogens (primary N) is 1. The van der Waals surface area contributed by atoms with E-state index in [1.807, 2.05) is 25.1 Å². The smallest absolute Gasteiger partial charge is 0.203 e. The summed E-state index contributed by atoms with van der Waals surface area (Å²) < 4.78 is 16.2. The van der Waals surface area contributed by atoms with Crippen molar-refractivity contribution in [3.8, 4) is 28.4 Å². The fourth-order valence-corrected chi connectivity index (χ4v) is 2.18. The minimum Gasteiger partial charge on any atom is -0.493 e. The summed E-state index contributed by atoms with van der Waals surface area (Å²) in [4.78, 5) is 4.25. The molecular formula is C16H20N2O3. The summed E-state index contributed by atoms with van der Waals surface area (Å²) in [7, 11) is 4.78. The van der Waals surface area contributed by atoms with E-state index in [2.05, 4.69) is 4.98 Å². The highest BCUT2D eigenvalue weighted by atomic mass is 16.5. The van der Waals surface area contributed by atoms with Gasteiger partial charge in [0.15, 0.2) is 11.5 Å². The number of ether oxygens (including phenoxy) is 3. The van der Waals surface area contributed by atoms with Crippen LogP contribution in [0.4, 0.5) is 0 Å². The molecule has 0 amide bonds. The Hall–Kier alpha value is -2.27. The number of methoxy groups -OCH3 is 3. The molecule has 0 aliphatic rings. The Balaban J connectivity index is 2.61. The van der Waals surface area contributed by atoms with E-state index in [1.165, 1.54) is 0 Å². The van der Waals surface area contributed by atoms with Gasteiger partial charge in [-0.3, -0.25) is 4.98 Å². The molecule has 0 aliphatic heterocycles. The fourth-order valence-electron chi connectivity index (χ4n) is 2.18. The zero-order valence-electron chi connectivity index (χ0n) is 12.7. The van der Waals surface area contributed by atoms with Gasteiger partial charge in [-0.1, -0.05) is 0 Å². The maximum Gasteiger partial charge on any atom is 0.203 e. The van der Waals surface area contributed by atoms with Crippen LogP contribution in [0.15, 0.2) is 30.6 Å². The lowest BCUT2D eigenvalue weighted by Crippen LogP contribution is -2.05. The van der Waals surface area contributed by atoms with Crippen LogP contribution < -0.4 is 19.9 Å². The third-order valence-corrected chi connectivity index (χ3v) is 3.30. The van der Waals surface area contributed by atoms with E-state index >= 15 is 0 Å². The van der Waals surface area contributed by atoms with E-state index in [9.17, 15) is 0 Å². The van der Waals surface area contributed by atoms with E-state index in [-0.39, 0.29) is 6.04 Å². The Kier molecular flexibility index (Phi) is 4.65. The van der Waals surface area contributed by atoms with Gasteiger partial charge in [-0.25, -0.2) is 0 Å². The van der Waals surface area contributed by atoms with Crippen LogP contribution in [0, 0.1) is 0 Å². The van der Waals surface area contributed by atoms with Crippen LogP contribution in [-0.4, -0.2) is 26.3 Å². The van der Waals surface area contributed by atoms with Gasteiger partial charge < -0.3 is 19.9 Å². The molecule has 1 unspecified atom stereocenters. The number of aromatic nitrogens is 1. The third-order valence-electron chi connectivity index (χ3n) is 3.30. The molecule has 0 radical (unpaired) electrons. The van der Waals surface area contributed by atoms with Crippen molar-refractivity contribution in [3.05, 3.63) is 36.2 Å². The summed E-state index contributed by atoms with van der Waals surface area (Å²) in [5.74, 6) is 1.79. The largest absolute Gasteiger partial charge is 0.493 e. The number of benzene rings is 1. The summed E-state index contributed by atoms with van der Waals surface area (Å²) >= 11 is 0. The lowest BCUT2D eigenvalue weighted by atomic mass is 10.0. The van der Waals surface area contributed by atoms with Crippen molar-refractivity contribution < 1.29 is 14.2 Å². The Labute approximate surface area is 124 Å². The molecule has 112 valence electrons. The van der Waals surface area contributed by atoms with Crippen LogP contribution in [0.25, 0.3) is 11.1 Å². The van der Waals surface area contributed by atoms with E-state index in [0.29, 0.717) is 17.2 Å². The Morgan fingerprint density at radius 3 is 2.29 bits per heavy atom. The standard InChI is InChI=1S/C16H20N2O3/c1-10(17)11-7-12(9-18-8-11)13-5-6-14(19-2)16(21-4)15(13)20-3/h5-10H,17H2,1-4H3. The number of rotatable bonds is 5. The van der Waals surface area contributed by atoms with Gasteiger partial charge in [0.25, 0.3) is 0 Å². The molecule has 1 aromatic carbocycles. The highest BCUT2D eigenvalue weighted by Crippen LogP contribution is 2.44. The maximum atomic E-state index is 5.92. The van der Waals surface area contributed by atoms with Gasteiger partial charge in [-0.2, -0.15) is 0 Å². The molecule has 1 heterocycles. The molecule has 0 saturated heterocycles. The lowest BCUT2D eigenvalue weighted by Gasteiger charge is -2.16. The van der Waals surface area contributed by atoms with Crippen LogP contribution in [0.3, 0.4) is 0 Å². The van der Waals surface area contributed by atoms with Crippen LogP contribution in [-0.2, 0) is 0 Å². The molecule has 0 aliphatic carbocycles. The SMILES string of the molecule is COc1ccc(-c2cncc(C(C)N)c2)c(OC)c1OC. The molecule has 0 saturated carbocycles. The molecule has 1 aromatic heterocycles. The first kappa shape index (κ1) is 15.1. The highest BCUT2D eigenvalue weighted by molar-refractivity contribution is 5.76. The second-order valence-corrected chi connectivity index (χ2v) is 4.68. The summed E-state index contributed by atoms with van der Waals surface area (Å²) in [6.07, 6.45) is 3.54. The van der Waals surface area contributed by atoms with Crippen molar-refractivity contribution in [1.82, 2.24) is 4.98 Å². The van der Waals surface area contributed by atoms with Gasteiger partial charge >= 0.3 is 0 Å². The number of hydrogen-bond acceptors (Lipinski definition) is 5. The molecule has 21 heavy (non-hydrogen) atoms. The Morgan fingerprint density at radius 1 is 1.00 bits per heavy atom. The third kappa shape index (κ3) is 2.92. The predicted octanol–water partition coefficient (Wildman–Crippen LogP) is 2.79. The molecule has 0 spiro atoms. The summed E-state index contributed by atoms with van der Waals surface area (Å²) in [6.45, 7) is 1.92. The van der Waals surface area contributed by atoms with Gasteiger partial charge in [-0.15, -0.1) is 0 Å². The van der Waals surface area contributed by atoms with Gasteiger partial charge in [0.1, 0.15) is 0 Å². The molecule has 0 bridgehead atoms. The van der Waals surface area contributed by atoms with E-state index in [4.69, 9.17) is 19.9 Å². The zero-order valence-corrected chi connectivity index (χ0v) is 12.7. The molecular weight excluding hydrogens is 268 g/mol. The summed E-state index contributed by atoms with van der Waals surface area (Å²) in [6, 6.07) is 5.68. The second-order valence-electron chi connectivity index (χ2n) is 4.68. The second kappa shape index (κ2) is 6.45. The average Bonchev–Trinajstić information content (AvgIpc) is 2.53. The highest BCUT2D eigenvalue weighted by Gasteiger charge is 2.17. The quantitative estimate of drug-likeness (QED) is 0.916. The molecule has 2 N–H and O–H groups in total. The average molecular weight is 288 g/mol. The lowest BCUT2D eigenvalue weighted by molar-refractivity contribution is 0.325. The van der Waals surface area contributed by atoms with Gasteiger partial charge in [0.05, 0.1) is 21.3 Å². The predicted molar refractivity (Wildman–Crippen MR) is 81.9 cm³/mol. The van der Waals surface area contributed by atoms with Crippen LogP contribution in [0.2, 0.25) is 0 Å². The molecule has 5 nitrogen and oxygen atoms in total. The van der Waals surface area contributed by atoms with Crippen molar-refractivity contribution in [2.45, 2.75) is 13.0 Å². The molecule has 0 fully saturated rings. The van der Waals surface area contributed by atoms with Gasteiger partial charge in [0.2, 0.25) is 5.75 Å². The van der Waals surface area contributed by atoms with Crippen LogP contribution in [0.1, 0.15) is 18.5 Å². The Bertz CT molecular complexity index is 627. The first-order chi connectivity index (χ1) is 10.1. The number of pyridine rings is 1. The van der Waals surface area contributed by atoms with Crippen LogP contribution in [0.5, 0.6) is 17.2 Å². The van der Waals surface area contributed by atoms with Crippen molar-refractivity contribution >= 4 is 0 Å². The minimum absolute atomic E-state index is 0.0800. The van der Waals surface area contributed by atoms with E-state index in [0.717, 1.165) is 16.7 Å². The maximum absolute atomic E-state index is 5.92. The Morgan fingerprint density at radius 2 is 1.71 bits per heavy atom. The van der Waals surface area contributed by atoms with E-state index < -0.39 is 0 Å². The molecule has 2 aromatic rings. The fraction of sp³-hybridized carbons (Fsp3) is 0.312. The first-order valence-corrected chi connectivity index (χ1v) is 6.62. The number of hydrogen-bond donors (Lipinski definition) is 1. The van der Waals surface area contributed by atoms with Crippen molar-refractivity contribution in [2.24, 2.45) is 5.73 Å². The molecule has 2 rings (SSSR count). The molecule has 5 heteroatoms. The van der Waals surface area contributed by atoms with Crippen molar-refractivity contribution in [1.29, 1.82) is 0 Å². The zero-order chi connectivity index (χ0) is 15.4. The van der Waals surface area contributed by atoms with Gasteiger partial charge in [0, 0.05) is 29.6 Å². The number of nitrogens with zero attached hydrogens (tertiary/aromatic N) is 1.